The largest absolute Gasteiger partial charge is 0.494 e. The summed E-state index contributed by atoms with van der Waals surface area (Å²) in [5.41, 5.74) is 0.329. The molecule has 0 radical (unpaired) electrons. The minimum atomic E-state index is -4.08. The third kappa shape index (κ3) is 7.63. The number of benzene rings is 2. The molecule has 1 amide bonds. The first-order valence-corrected chi connectivity index (χ1v) is 14.3. The fourth-order valence-corrected chi connectivity index (χ4v) is 6.62. The fourth-order valence-electron chi connectivity index (χ4n) is 3.89. The Morgan fingerprint density at radius 3 is 2.41 bits per heavy atom. The Hall–Kier alpha value is -2.26. The summed E-state index contributed by atoms with van der Waals surface area (Å²) in [7, 11) is -4.08. The molecule has 1 aliphatic rings. The Morgan fingerprint density at radius 2 is 1.76 bits per heavy atom. The molecule has 0 aliphatic heterocycles. The highest BCUT2D eigenvalue weighted by Gasteiger charge is 2.27. The molecule has 0 aromatic heterocycles. The van der Waals surface area contributed by atoms with Crippen LogP contribution in [0.25, 0.3) is 0 Å². The van der Waals surface area contributed by atoms with Crippen LogP contribution >= 0.6 is 11.8 Å². The standard InChI is InChI=1S/C25H33FN2O4S2/c1-2-32-22-13-11-21(12-14-22)28(34(30,31)24-15-9-20(26)10-16-24)19-25(29)27-17-6-18-33-23-7-4-3-5-8-23/h9-16,23H,2-8,17-19H2,1H3,(H,27,29). The number of carbonyl (C=O) groups excluding carboxylic acids is 1. The molecule has 0 saturated heterocycles. The second kappa shape index (κ2) is 13.0. The van der Waals surface area contributed by atoms with Crippen molar-refractivity contribution >= 4 is 33.4 Å². The van der Waals surface area contributed by atoms with Crippen LogP contribution in [0.15, 0.2) is 53.4 Å². The Morgan fingerprint density at radius 1 is 1.09 bits per heavy atom. The van der Waals surface area contributed by atoms with Crippen molar-refractivity contribution in [2.45, 2.75) is 55.6 Å². The van der Waals surface area contributed by atoms with Gasteiger partial charge in [-0.2, -0.15) is 11.8 Å². The molecule has 0 unspecified atom stereocenters. The molecular formula is C25H33FN2O4S2. The monoisotopic (exact) mass is 508 g/mol. The van der Waals surface area contributed by atoms with Gasteiger partial charge in [-0.15, -0.1) is 0 Å². The first kappa shape index (κ1) is 26.3. The van der Waals surface area contributed by atoms with Crippen LogP contribution in [0.3, 0.4) is 0 Å². The van der Waals surface area contributed by atoms with Gasteiger partial charge in [-0.3, -0.25) is 9.10 Å². The minimum absolute atomic E-state index is 0.0838. The molecule has 3 rings (SSSR count). The van der Waals surface area contributed by atoms with E-state index in [1.165, 1.54) is 44.2 Å². The van der Waals surface area contributed by atoms with Crippen molar-refractivity contribution in [3.8, 4) is 5.75 Å². The van der Waals surface area contributed by atoms with Gasteiger partial charge in [0.1, 0.15) is 18.1 Å². The number of nitrogens with one attached hydrogen (secondary N) is 1. The van der Waals surface area contributed by atoms with E-state index in [0.29, 0.717) is 24.6 Å². The van der Waals surface area contributed by atoms with E-state index < -0.39 is 15.8 Å². The van der Waals surface area contributed by atoms with Crippen molar-refractivity contribution in [1.29, 1.82) is 0 Å². The lowest BCUT2D eigenvalue weighted by molar-refractivity contribution is -0.119. The van der Waals surface area contributed by atoms with E-state index >= 15 is 0 Å². The number of amides is 1. The average Bonchev–Trinajstić information content (AvgIpc) is 2.84. The number of sulfonamides is 1. The van der Waals surface area contributed by atoms with Gasteiger partial charge in [-0.1, -0.05) is 19.3 Å². The van der Waals surface area contributed by atoms with E-state index in [9.17, 15) is 17.6 Å². The van der Waals surface area contributed by atoms with Crippen LogP contribution in [-0.2, 0) is 14.8 Å². The van der Waals surface area contributed by atoms with E-state index in [0.717, 1.165) is 33.9 Å². The molecule has 34 heavy (non-hydrogen) atoms. The van der Waals surface area contributed by atoms with Crippen LogP contribution in [0.2, 0.25) is 0 Å². The van der Waals surface area contributed by atoms with Crippen molar-refractivity contribution in [2.24, 2.45) is 0 Å². The highest BCUT2D eigenvalue weighted by atomic mass is 32.2. The van der Waals surface area contributed by atoms with Gasteiger partial charge in [0.15, 0.2) is 0 Å². The molecule has 1 saturated carbocycles. The molecule has 2 aromatic rings. The van der Waals surface area contributed by atoms with Crippen LogP contribution in [0.4, 0.5) is 10.1 Å². The number of rotatable bonds is 12. The lowest BCUT2D eigenvalue weighted by Crippen LogP contribution is -2.41. The van der Waals surface area contributed by atoms with Crippen LogP contribution in [0.1, 0.15) is 45.4 Å². The van der Waals surface area contributed by atoms with Gasteiger partial charge >= 0.3 is 0 Å². The van der Waals surface area contributed by atoms with Gasteiger partial charge < -0.3 is 10.1 Å². The topological polar surface area (TPSA) is 75.7 Å². The number of halogens is 1. The highest BCUT2D eigenvalue weighted by Crippen LogP contribution is 2.28. The average molecular weight is 509 g/mol. The first-order chi connectivity index (χ1) is 16.4. The highest BCUT2D eigenvalue weighted by molar-refractivity contribution is 7.99. The van der Waals surface area contributed by atoms with Gasteiger partial charge in [-0.05, 0) is 80.5 Å². The molecule has 0 spiro atoms. The van der Waals surface area contributed by atoms with Gasteiger partial charge in [0.25, 0.3) is 10.0 Å². The maximum Gasteiger partial charge on any atom is 0.264 e. The van der Waals surface area contributed by atoms with Crippen molar-refractivity contribution in [3.05, 3.63) is 54.3 Å². The number of carbonyl (C=O) groups is 1. The normalized spacial score (nSPS) is 14.5. The predicted molar refractivity (Wildman–Crippen MR) is 136 cm³/mol. The summed E-state index contributed by atoms with van der Waals surface area (Å²) in [5.74, 6) is 0.657. The van der Waals surface area contributed by atoms with Crippen molar-refractivity contribution in [2.75, 3.05) is 29.8 Å². The van der Waals surface area contributed by atoms with Gasteiger partial charge in [0, 0.05) is 11.8 Å². The van der Waals surface area contributed by atoms with Crippen LogP contribution < -0.4 is 14.4 Å². The molecule has 0 atom stereocenters. The zero-order valence-corrected chi connectivity index (χ0v) is 21.2. The summed E-state index contributed by atoms with van der Waals surface area (Å²) in [5, 5.41) is 3.56. The Kier molecular flexibility index (Phi) is 10.1. The lowest BCUT2D eigenvalue weighted by Gasteiger charge is -2.24. The second-order valence-corrected chi connectivity index (χ2v) is 11.5. The number of ether oxygens (including phenoxy) is 1. The fraction of sp³-hybridized carbons (Fsp3) is 0.480. The van der Waals surface area contributed by atoms with E-state index in [-0.39, 0.29) is 17.3 Å². The quantitative estimate of drug-likeness (QED) is 0.409. The number of nitrogens with zero attached hydrogens (tertiary/aromatic N) is 1. The molecule has 0 heterocycles. The van der Waals surface area contributed by atoms with E-state index in [2.05, 4.69) is 5.32 Å². The summed E-state index contributed by atoms with van der Waals surface area (Å²) in [6.07, 6.45) is 7.32. The Balaban J connectivity index is 1.64. The summed E-state index contributed by atoms with van der Waals surface area (Å²) in [4.78, 5) is 12.6. The molecule has 2 aromatic carbocycles. The third-order valence-electron chi connectivity index (χ3n) is 5.67. The van der Waals surface area contributed by atoms with Gasteiger partial charge in [0.2, 0.25) is 5.91 Å². The molecule has 1 N–H and O–H groups in total. The molecule has 9 heteroatoms. The molecule has 6 nitrogen and oxygen atoms in total. The summed E-state index contributed by atoms with van der Waals surface area (Å²) in [6.45, 7) is 2.46. The number of hydrogen-bond donors (Lipinski definition) is 1. The van der Waals surface area contributed by atoms with Crippen molar-refractivity contribution in [3.63, 3.8) is 0 Å². The molecule has 0 bridgehead atoms. The van der Waals surface area contributed by atoms with Crippen LogP contribution in [-0.4, -0.2) is 45.0 Å². The smallest absolute Gasteiger partial charge is 0.264 e. The van der Waals surface area contributed by atoms with E-state index in [1.807, 2.05) is 18.7 Å². The number of hydrogen-bond acceptors (Lipinski definition) is 5. The number of thioether (sulfide) groups is 1. The lowest BCUT2D eigenvalue weighted by atomic mass is 10.0. The van der Waals surface area contributed by atoms with Crippen LogP contribution in [0, 0.1) is 5.82 Å². The van der Waals surface area contributed by atoms with E-state index in [1.54, 1.807) is 24.3 Å². The Labute approximate surface area is 206 Å². The maximum atomic E-state index is 13.4. The van der Waals surface area contributed by atoms with Crippen LogP contribution in [0.5, 0.6) is 5.75 Å². The van der Waals surface area contributed by atoms with Crippen molar-refractivity contribution in [1.82, 2.24) is 5.32 Å². The molecule has 1 fully saturated rings. The van der Waals surface area contributed by atoms with Gasteiger partial charge in [-0.25, -0.2) is 12.8 Å². The number of anilines is 1. The predicted octanol–water partition coefficient (Wildman–Crippen LogP) is 4.99. The molecule has 186 valence electrons. The summed E-state index contributed by atoms with van der Waals surface area (Å²) >= 11 is 1.97. The second-order valence-electron chi connectivity index (χ2n) is 8.23. The van der Waals surface area contributed by atoms with Crippen molar-refractivity contribution < 1.29 is 22.3 Å². The SMILES string of the molecule is CCOc1ccc(N(CC(=O)NCCCSC2CCCCC2)S(=O)(=O)c2ccc(F)cc2)cc1. The Bertz CT molecular complexity index is 1010. The minimum Gasteiger partial charge on any atom is -0.494 e. The van der Waals surface area contributed by atoms with Gasteiger partial charge in [0.05, 0.1) is 17.2 Å². The maximum absolute atomic E-state index is 13.4. The third-order valence-corrected chi connectivity index (χ3v) is 8.93. The zero-order chi connectivity index (χ0) is 24.4. The zero-order valence-electron chi connectivity index (χ0n) is 19.5. The first-order valence-electron chi connectivity index (χ1n) is 11.8. The molecular weight excluding hydrogens is 475 g/mol. The summed E-state index contributed by atoms with van der Waals surface area (Å²) < 4.78 is 46.5. The molecule has 1 aliphatic carbocycles. The van der Waals surface area contributed by atoms with E-state index in [4.69, 9.17) is 4.74 Å². The summed E-state index contributed by atoms with van der Waals surface area (Å²) in [6, 6.07) is 11.1.